The average molecular weight is 534 g/mol. The molecule has 1 saturated heterocycles. The normalized spacial score (nSPS) is 18.0. The molecule has 1 atom stereocenters. The summed E-state index contributed by atoms with van der Waals surface area (Å²) in [5.41, 5.74) is 4.36. The first-order valence-electron chi connectivity index (χ1n) is 13.1. The second kappa shape index (κ2) is 11.6. The predicted molar refractivity (Wildman–Crippen MR) is 149 cm³/mol. The number of nitrogens with zero attached hydrogens (tertiary/aromatic N) is 3. The molecule has 0 saturated carbocycles. The molecule has 38 heavy (non-hydrogen) atoms. The molecule has 1 fully saturated rings. The number of carbonyl (C=O) groups excluding carboxylic acids is 2. The third-order valence-corrected chi connectivity index (χ3v) is 8.62. The van der Waals surface area contributed by atoms with Gasteiger partial charge in [-0.2, -0.15) is 0 Å². The fourth-order valence-corrected chi connectivity index (χ4v) is 6.46. The van der Waals surface area contributed by atoms with Crippen LogP contribution in [-0.4, -0.2) is 80.0 Å². The monoisotopic (exact) mass is 533 g/mol. The summed E-state index contributed by atoms with van der Waals surface area (Å²) >= 11 is 1.81. The van der Waals surface area contributed by atoms with Gasteiger partial charge in [0.15, 0.2) is 0 Å². The zero-order valence-electron chi connectivity index (χ0n) is 22.3. The van der Waals surface area contributed by atoms with Crippen LogP contribution in [-0.2, 0) is 11.2 Å². The number of rotatable bonds is 6. The van der Waals surface area contributed by atoms with Gasteiger partial charge in [-0.3, -0.25) is 14.5 Å². The molecule has 0 bridgehead atoms. The standard InChI is InChI=1S/C30H35N3O4S/c1-21-7-4-5-8-25(21)29-26-10-16-38-27(26)9-13-33(29)20-28(34)31-11-6-12-32(15-14-31)30(35)22-17-23(36-2)19-24(18-22)37-3/h4-5,7-8,10,16-19,29H,6,9,11-15,20H2,1-3H3/t29-/m0/s1. The molecular formula is C30H35N3O4S. The third-order valence-electron chi connectivity index (χ3n) is 7.62. The summed E-state index contributed by atoms with van der Waals surface area (Å²) in [5.74, 6) is 1.22. The van der Waals surface area contributed by atoms with Crippen molar-refractivity contribution in [3.8, 4) is 11.5 Å². The molecule has 3 aromatic rings. The fourth-order valence-electron chi connectivity index (χ4n) is 5.55. The second-order valence-electron chi connectivity index (χ2n) is 9.91. The van der Waals surface area contributed by atoms with E-state index in [1.165, 1.54) is 21.6 Å². The van der Waals surface area contributed by atoms with Gasteiger partial charge >= 0.3 is 0 Å². The van der Waals surface area contributed by atoms with Crippen LogP contribution >= 0.6 is 11.3 Å². The van der Waals surface area contributed by atoms with Gasteiger partial charge in [-0.25, -0.2) is 0 Å². The maximum Gasteiger partial charge on any atom is 0.254 e. The predicted octanol–water partition coefficient (Wildman–Crippen LogP) is 4.40. The zero-order valence-corrected chi connectivity index (χ0v) is 23.1. The largest absolute Gasteiger partial charge is 0.497 e. The highest BCUT2D eigenvalue weighted by Crippen LogP contribution is 2.38. The summed E-state index contributed by atoms with van der Waals surface area (Å²) in [6, 6.07) is 16.0. The average Bonchev–Trinajstić information content (AvgIpc) is 3.28. The van der Waals surface area contributed by atoms with Crippen LogP contribution in [0.1, 0.15) is 44.4 Å². The molecule has 2 amide bonds. The molecule has 3 heterocycles. The Hall–Kier alpha value is -3.36. The molecule has 200 valence electrons. The maximum absolute atomic E-state index is 13.6. The van der Waals surface area contributed by atoms with Crippen LogP contribution in [0.5, 0.6) is 11.5 Å². The van der Waals surface area contributed by atoms with Crippen molar-refractivity contribution in [2.24, 2.45) is 0 Å². The fraction of sp³-hybridized carbons (Fsp3) is 0.400. The smallest absolute Gasteiger partial charge is 0.254 e. The molecule has 7 nitrogen and oxygen atoms in total. The lowest BCUT2D eigenvalue weighted by molar-refractivity contribution is -0.132. The van der Waals surface area contributed by atoms with Crippen LogP contribution in [0.25, 0.3) is 0 Å². The van der Waals surface area contributed by atoms with Crippen molar-refractivity contribution in [2.45, 2.75) is 25.8 Å². The molecule has 1 aromatic heterocycles. The van der Waals surface area contributed by atoms with Crippen LogP contribution in [0.15, 0.2) is 53.9 Å². The lowest BCUT2D eigenvalue weighted by Crippen LogP contribution is -2.45. The Labute approximate surface area is 228 Å². The molecule has 8 heteroatoms. The van der Waals surface area contributed by atoms with Gasteiger partial charge in [-0.1, -0.05) is 24.3 Å². The number of aryl methyl sites for hydroxylation is 1. The van der Waals surface area contributed by atoms with E-state index in [9.17, 15) is 9.59 Å². The highest BCUT2D eigenvalue weighted by Gasteiger charge is 2.33. The number of carbonyl (C=O) groups is 2. The summed E-state index contributed by atoms with van der Waals surface area (Å²) < 4.78 is 10.7. The third kappa shape index (κ3) is 5.42. The lowest BCUT2D eigenvalue weighted by Gasteiger charge is -2.37. The van der Waals surface area contributed by atoms with E-state index in [2.05, 4.69) is 47.5 Å². The molecule has 0 unspecified atom stereocenters. The van der Waals surface area contributed by atoms with Gasteiger partial charge in [0, 0.05) is 49.2 Å². The van der Waals surface area contributed by atoms with Crippen LogP contribution in [0.2, 0.25) is 0 Å². The van der Waals surface area contributed by atoms with E-state index in [1.54, 1.807) is 32.4 Å². The van der Waals surface area contributed by atoms with Gasteiger partial charge in [0.25, 0.3) is 5.91 Å². The molecular weight excluding hydrogens is 498 g/mol. The summed E-state index contributed by atoms with van der Waals surface area (Å²) in [7, 11) is 3.15. The highest BCUT2D eigenvalue weighted by atomic mass is 32.1. The number of fused-ring (bicyclic) bond motifs is 1. The SMILES string of the molecule is COc1cc(OC)cc(C(=O)N2CCCN(C(=O)CN3CCc4sccc4[C@@H]3c3ccccc3C)CC2)c1. The highest BCUT2D eigenvalue weighted by molar-refractivity contribution is 7.10. The van der Waals surface area contributed by atoms with E-state index in [-0.39, 0.29) is 17.9 Å². The van der Waals surface area contributed by atoms with Gasteiger partial charge in [0.2, 0.25) is 5.91 Å². The van der Waals surface area contributed by atoms with E-state index < -0.39 is 0 Å². The Morgan fingerprint density at radius 1 is 0.895 bits per heavy atom. The molecule has 0 radical (unpaired) electrons. The number of hydrogen-bond acceptors (Lipinski definition) is 6. The minimum absolute atomic E-state index is 0.0721. The first-order chi connectivity index (χ1) is 18.5. The minimum Gasteiger partial charge on any atom is -0.497 e. The number of hydrogen-bond donors (Lipinski definition) is 0. The van der Waals surface area contributed by atoms with E-state index in [0.717, 1.165) is 19.4 Å². The second-order valence-corrected chi connectivity index (χ2v) is 10.9. The Bertz CT molecular complexity index is 1280. The first kappa shape index (κ1) is 26.3. The van der Waals surface area contributed by atoms with Gasteiger partial charge in [0.1, 0.15) is 11.5 Å². The van der Waals surface area contributed by atoms with Gasteiger partial charge in [-0.15, -0.1) is 11.3 Å². The molecule has 0 N–H and O–H groups in total. The van der Waals surface area contributed by atoms with E-state index >= 15 is 0 Å². The molecule has 2 aromatic carbocycles. The van der Waals surface area contributed by atoms with Gasteiger partial charge in [-0.05, 0) is 60.0 Å². The molecule has 2 aliphatic heterocycles. The molecule has 0 aliphatic carbocycles. The number of amides is 2. The summed E-state index contributed by atoms with van der Waals surface area (Å²) in [6.07, 6.45) is 1.71. The van der Waals surface area contributed by atoms with Crippen LogP contribution < -0.4 is 9.47 Å². The minimum atomic E-state index is -0.0721. The van der Waals surface area contributed by atoms with Crippen LogP contribution in [0.3, 0.4) is 0 Å². The number of benzene rings is 2. The van der Waals surface area contributed by atoms with E-state index in [1.807, 2.05) is 21.1 Å². The maximum atomic E-state index is 13.6. The van der Waals surface area contributed by atoms with E-state index in [0.29, 0.717) is 49.8 Å². The summed E-state index contributed by atoms with van der Waals surface area (Å²) in [5, 5.41) is 2.17. The quantitative estimate of drug-likeness (QED) is 0.470. The van der Waals surface area contributed by atoms with Crippen LogP contribution in [0.4, 0.5) is 0 Å². The molecule has 2 aliphatic rings. The molecule has 0 spiro atoms. The summed E-state index contributed by atoms with van der Waals surface area (Å²) in [6.45, 7) is 5.66. The van der Waals surface area contributed by atoms with Gasteiger partial charge < -0.3 is 19.3 Å². The van der Waals surface area contributed by atoms with Crippen molar-refractivity contribution >= 4 is 23.2 Å². The van der Waals surface area contributed by atoms with Gasteiger partial charge in [0.05, 0.1) is 26.8 Å². The topological polar surface area (TPSA) is 62.3 Å². The lowest BCUT2D eigenvalue weighted by atomic mass is 9.90. The van der Waals surface area contributed by atoms with Crippen molar-refractivity contribution < 1.29 is 19.1 Å². The number of thiophene rings is 1. The molecule has 5 rings (SSSR count). The Morgan fingerprint density at radius 3 is 2.34 bits per heavy atom. The Kier molecular flexibility index (Phi) is 8.00. The number of methoxy groups -OCH3 is 2. The van der Waals surface area contributed by atoms with Crippen LogP contribution in [0, 0.1) is 6.92 Å². The zero-order chi connectivity index (χ0) is 26.6. The van der Waals surface area contributed by atoms with Crippen molar-refractivity contribution in [3.05, 3.63) is 81.0 Å². The Balaban J connectivity index is 1.28. The van der Waals surface area contributed by atoms with Crippen molar-refractivity contribution in [3.63, 3.8) is 0 Å². The number of ether oxygens (including phenoxy) is 2. The Morgan fingerprint density at radius 2 is 1.61 bits per heavy atom. The summed E-state index contributed by atoms with van der Waals surface area (Å²) in [4.78, 5) is 34.4. The van der Waals surface area contributed by atoms with E-state index in [4.69, 9.17) is 9.47 Å². The first-order valence-corrected chi connectivity index (χ1v) is 14.0. The van der Waals surface area contributed by atoms with Crippen molar-refractivity contribution in [1.82, 2.24) is 14.7 Å². The van der Waals surface area contributed by atoms with Crippen molar-refractivity contribution in [1.29, 1.82) is 0 Å². The van der Waals surface area contributed by atoms with Crippen molar-refractivity contribution in [2.75, 3.05) is 53.5 Å².